The van der Waals surface area contributed by atoms with Crippen LogP contribution in [0.1, 0.15) is 5.56 Å². The Hall–Kier alpha value is -2.15. The summed E-state index contributed by atoms with van der Waals surface area (Å²) < 4.78 is 0. The van der Waals surface area contributed by atoms with Crippen LogP contribution in [0.4, 0.5) is 11.4 Å². The Labute approximate surface area is 90.8 Å². The number of carboxylic acids is 1. The number of non-ortho nitro benzene ring substituents is 1. The molecule has 86 valence electrons. The first kappa shape index (κ1) is 11.9. The standard InChI is InChI=1S/C9H10N2O5/c1-6-2-7(10-16-5-9(12)13)4-8(3-6)11(14)15/h2-4,10H,5H2,1H3,(H,12,13). The first-order valence-electron chi connectivity index (χ1n) is 4.34. The number of benzene rings is 1. The minimum atomic E-state index is -1.13. The molecule has 0 aliphatic rings. The molecule has 0 aliphatic carbocycles. The van der Waals surface area contributed by atoms with Crippen LogP contribution in [0.2, 0.25) is 0 Å². The SMILES string of the molecule is Cc1cc(NOCC(=O)O)cc([N+](=O)[O-])c1. The van der Waals surface area contributed by atoms with Crippen LogP contribution in [0.25, 0.3) is 0 Å². The van der Waals surface area contributed by atoms with Crippen LogP contribution in [0.15, 0.2) is 18.2 Å². The predicted molar refractivity (Wildman–Crippen MR) is 55.0 cm³/mol. The minimum Gasteiger partial charge on any atom is -0.479 e. The summed E-state index contributed by atoms with van der Waals surface area (Å²) >= 11 is 0. The summed E-state index contributed by atoms with van der Waals surface area (Å²) in [5.74, 6) is -1.13. The molecule has 0 aliphatic heterocycles. The van der Waals surface area contributed by atoms with Gasteiger partial charge >= 0.3 is 5.97 Å². The van der Waals surface area contributed by atoms with E-state index in [0.29, 0.717) is 11.3 Å². The molecule has 2 N–H and O–H groups in total. The summed E-state index contributed by atoms with van der Waals surface area (Å²) in [6, 6.07) is 4.27. The third kappa shape index (κ3) is 3.54. The summed E-state index contributed by atoms with van der Waals surface area (Å²) in [6.45, 7) is 1.16. The van der Waals surface area contributed by atoms with Crippen molar-refractivity contribution in [2.45, 2.75) is 6.92 Å². The van der Waals surface area contributed by atoms with Gasteiger partial charge in [-0.2, -0.15) is 0 Å². The smallest absolute Gasteiger partial charge is 0.332 e. The number of nitro benzene ring substituents is 1. The van der Waals surface area contributed by atoms with Gasteiger partial charge < -0.3 is 5.11 Å². The minimum absolute atomic E-state index is 0.0820. The molecule has 0 saturated heterocycles. The van der Waals surface area contributed by atoms with Gasteiger partial charge in [-0.25, -0.2) is 4.79 Å². The van der Waals surface area contributed by atoms with Gasteiger partial charge in [0.05, 0.1) is 10.6 Å². The third-order valence-corrected chi connectivity index (χ3v) is 1.66. The highest BCUT2D eigenvalue weighted by Gasteiger charge is 2.08. The number of carbonyl (C=O) groups is 1. The second-order valence-corrected chi connectivity index (χ2v) is 3.10. The number of carboxylic acid groups (broad SMARTS) is 1. The van der Waals surface area contributed by atoms with Crippen molar-refractivity contribution in [3.05, 3.63) is 33.9 Å². The highest BCUT2D eigenvalue weighted by atomic mass is 16.7. The average molecular weight is 226 g/mol. The van der Waals surface area contributed by atoms with Crippen LogP contribution < -0.4 is 5.48 Å². The lowest BCUT2D eigenvalue weighted by atomic mass is 10.2. The van der Waals surface area contributed by atoms with E-state index >= 15 is 0 Å². The Kier molecular flexibility index (Phi) is 3.78. The summed E-state index contributed by atoms with van der Waals surface area (Å²) in [4.78, 5) is 24.8. The Morgan fingerprint density at radius 3 is 2.81 bits per heavy atom. The summed E-state index contributed by atoms with van der Waals surface area (Å²) in [6.07, 6.45) is 0. The van der Waals surface area contributed by atoms with E-state index in [0.717, 1.165) is 0 Å². The molecule has 0 amide bonds. The van der Waals surface area contributed by atoms with E-state index in [1.807, 2.05) is 0 Å². The van der Waals surface area contributed by atoms with Crippen molar-refractivity contribution >= 4 is 17.3 Å². The van der Waals surface area contributed by atoms with E-state index in [4.69, 9.17) is 5.11 Å². The van der Waals surface area contributed by atoms with Crippen LogP contribution in [0.3, 0.4) is 0 Å². The Bertz CT molecular complexity index is 418. The number of nitro groups is 1. The number of nitrogens with zero attached hydrogens (tertiary/aromatic N) is 1. The number of hydrogen-bond donors (Lipinski definition) is 2. The van der Waals surface area contributed by atoms with E-state index in [1.165, 1.54) is 12.1 Å². The van der Waals surface area contributed by atoms with Crippen LogP contribution in [0, 0.1) is 17.0 Å². The fourth-order valence-corrected chi connectivity index (χ4v) is 1.11. The number of aliphatic carboxylic acids is 1. The molecule has 0 atom stereocenters. The molecule has 0 saturated carbocycles. The molecule has 0 unspecified atom stereocenters. The number of anilines is 1. The maximum absolute atomic E-state index is 10.5. The number of hydrogen-bond acceptors (Lipinski definition) is 5. The van der Waals surface area contributed by atoms with Crippen molar-refractivity contribution in [3.8, 4) is 0 Å². The molecule has 0 heterocycles. The van der Waals surface area contributed by atoms with E-state index in [-0.39, 0.29) is 5.69 Å². The molecule has 7 heteroatoms. The Balaban J connectivity index is 2.72. The highest BCUT2D eigenvalue weighted by Crippen LogP contribution is 2.20. The third-order valence-electron chi connectivity index (χ3n) is 1.66. The zero-order chi connectivity index (χ0) is 12.1. The quantitative estimate of drug-likeness (QED) is 0.580. The van der Waals surface area contributed by atoms with E-state index in [2.05, 4.69) is 10.3 Å². The molecule has 1 rings (SSSR count). The lowest BCUT2D eigenvalue weighted by Crippen LogP contribution is -2.11. The van der Waals surface area contributed by atoms with Gasteiger partial charge in [-0.3, -0.25) is 20.4 Å². The van der Waals surface area contributed by atoms with Gasteiger partial charge in [-0.1, -0.05) is 0 Å². The molecule has 0 fully saturated rings. The molecule has 7 nitrogen and oxygen atoms in total. The zero-order valence-electron chi connectivity index (χ0n) is 8.47. The van der Waals surface area contributed by atoms with Crippen molar-refractivity contribution in [1.29, 1.82) is 0 Å². The molecule has 0 aromatic heterocycles. The lowest BCUT2D eigenvalue weighted by molar-refractivity contribution is -0.384. The summed E-state index contributed by atoms with van der Waals surface area (Å²) in [7, 11) is 0. The van der Waals surface area contributed by atoms with Crippen molar-refractivity contribution in [2.24, 2.45) is 0 Å². The normalized spacial score (nSPS) is 9.81. The first-order chi connectivity index (χ1) is 7.49. The van der Waals surface area contributed by atoms with Crippen molar-refractivity contribution in [3.63, 3.8) is 0 Å². The van der Waals surface area contributed by atoms with E-state index in [9.17, 15) is 14.9 Å². The lowest BCUT2D eigenvalue weighted by Gasteiger charge is -2.05. The van der Waals surface area contributed by atoms with E-state index < -0.39 is 17.5 Å². The van der Waals surface area contributed by atoms with Crippen LogP contribution in [-0.2, 0) is 9.63 Å². The number of aryl methyl sites for hydroxylation is 1. The van der Waals surface area contributed by atoms with Crippen molar-refractivity contribution in [2.75, 3.05) is 12.1 Å². The van der Waals surface area contributed by atoms with Crippen LogP contribution >= 0.6 is 0 Å². The van der Waals surface area contributed by atoms with E-state index in [1.54, 1.807) is 13.0 Å². The van der Waals surface area contributed by atoms with Gasteiger partial charge in [-0.05, 0) is 18.6 Å². The maximum Gasteiger partial charge on any atom is 0.332 e. The first-order valence-corrected chi connectivity index (χ1v) is 4.34. The van der Waals surface area contributed by atoms with Crippen LogP contribution in [-0.4, -0.2) is 22.6 Å². The molecule has 16 heavy (non-hydrogen) atoms. The Morgan fingerprint density at radius 1 is 1.56 bits per heavy atom. The zero-order valence-corrected chi connectivity index (χ0v) is 8.47. The average Bonchev–Trinajstić information content (AvgIpc) is 2.16. The largest absolute Gasteiger partial charge is 0.479 e. The van der Waals surface area contributed by atoms with Gasteiger partial charge in [0.15, 0.2) is 6.61 Å². The fourth-order valence-electron chi connectivity index (χ4n) is 1.11. The Morgan fingerprint density at radius 2 is 2.25 bits per heavy atom. The second kappa shape index (κ2) is 5.08. The van der Waals surface area contributed by atoms with Gasteiger partial charge in [0, 0.05) is 12.1 Å². The monoisotopic (exact) mass is 226 g/mol. The summed E-state index contributed by atoms with van der Waals surface area (Å²) in [5.41, 5.74) is 3.26. The highest BCUT2D eigenvalue weighted by molar-refractivity contribution is 5.68. The van der Waals surface area contributed by atoms with Crippen molar-refractivity contribution < 1.29 is 19.7 Å². The molecule has 1 aromatic rings. The molecule has 0 spiro atoms. The molecule has 1 aromatic carbocycles. The predicted octanol–water partition coefficient (Wildman–Crippen LogP) is 1.33. The molecule has 0 bridgehead atoms. The van der Waals surface area contributed by atoms with Gasteiger partial charge in [0.2, 0.25) is 0 Å². The van der Waals surface area contributed by atoms with Gasteiger partial charge in [-0.15, -0.1) is 0 Å². The molecular weight excluding hydrogens is 216 g/mol. The maximum atomic E-state index is 10.5. The number of rotatable bonds is 5. The fraction of sp³-hybridized carbons (Fsp3) is 0.222. The molecular formula is C9H10N2O5. The van der Waals surface area contributed by atoms with Gasteiger partial charge in [0.1, 0.15) is 0 Å². The number of nitrogens with one attached hydrogen (secondary N) is 1. The van der Waals surface area contributed by atoms with Crippen LogP contribution in [0.5, 0.6) is 0 Å². The van der Waals surface area contributed by atoms with Gasteiger partial charge in [0.25, 0.3) is 5.69 Å². The second-order valence-electron chi connectivity index (χ2n) is 3.10. The van der Waals surface area contributed by atoms with Crippen molar-refractivity contribution in [1.82, 2.24) is 0 Å². The topological polar surface area (TPSA) is 102 Å². The molecule has 0 radical (unpaired) electrons. The summed E-state index contributed by atoms with van der Waals surface area (Å²) in [5, 5.41) is 18.8.